The van der Waals surface area contributed by atoms with Crippen molar-refractivity contribution in [2.75, 3.05) is 7.11 Å². The van der Waals surface area contributed by atoms with Crippen molar-refractivity contribution in [1.29, 1.82) is 0 Å². The standard InChI is InChI=1S/C14H22N2O2/c1-10(2)16-14(13(18-3)9-15-16)11-7-5-4-6-8-12(11)17/h9-11H,4-8H2,1-3H3. The Morgan fingerprint density at radius 1 is 1.39 bits per heavy atom. The fourth-order valence-electron chi connectivity index (χ4n) is 2.70. The lowest BCUT2D eigenvalue weighted by atomic mass is 9.94. The van der Waals surface area contributed by atoms with E-state index >= 15 is 0 Å². The summed E-state index contributed by atoms with van der Waals surface area (Å²) < 4.78 is 7.32. The van der Waals surface area contributed by atoms with E-state index in [0.29, 0.717) is 12.2 Å². The molecule has 0 aliphatic heterocycles. The highest BCUT2D eigenvalue weighted by Crippen LogP contribution is 2.35. The maximum Gasteiger partial charge on any atom is 0.160 e. The van der Waals surface area contributed by atoms with Crippen LogP contribution in [0.4, 0.5) is 0 Å². The van der Waals surface area contributed by atoms with Gasteiger partial charge in [0.15, 0.2) is 5.75 Å². The summed E-state index contributed by atoms with van der Waals surface area (Å²) in [6.07, 6.45) is 6.63. The Kier molecular flexibility index (Phi) is 4.04. The van der Waals surface area contributed by atoms with Gasteiger partial charge in [-0.25, -0.2) is 0 Å². The molecule has 4 heteroatoms. The summed E-state index contributed by atoms with van der Waals surface area (Å²) in [5.74, 6) is 1.06. The Labute approximate surface area is 108 Å². The first-order chi connectivity index (χ1) is 8.65. The van der Waals surface area contributed by atoms with E-state index in [1.54, 1.807) is 13.3 Å². The van der Waals surface area contributed by atoms with Crippen LogP contribution in [0.25, 0.3) is 0 Å². The molecule has 2 rings (SSSR count). The fourth-order valence-corrected chi connectivity index (χ4v) is 2.70. The first-order valence-electron chi connectivity index (χ1n) is 6.79. The molecule has 0 amide bonds. The summed E-state index contributed by atoms with van der Waals surface area (Å²) in [5.41, 5.74) is 0.972. The van der Waals surface area contributed by atoms with Gasteiger partial charge in [-0.05, 0) is 26.7 Å². The zero-order valence-electron chi connectivity index (χ0n) is 11.5. The van der Waals surface area contributed by atoms with Crippen LogP contribution in [0.15, 0.2) is 6.20 Å². The van der Waals surface area contributed by atoms with Crippen molar-refractivity contribution in [3.8, 4) is 5.75 Å². The molecule has 0 bridgehead atoms. The highest BCUT2D eigenvalue weighted by atomic mass is 16.5. The van der Waals surface area contributed by atoms with Crippen LogP contribution in [0.3, 0.4) is 0 Å². The first kappa shape index (κ1) is 13.1. The Bertz CT molecular complexity index is 423. The summed E-state index contributed by atoms with van der Waals surface area (Å²) >= 11 is 0. The van der Waals surface area contributed by atoms with Gasteiger partial charge in [-0.2, -0.15) is 5.10 Å². The third-order valence-corrected chi connectivity index (χ3v) is 3.64. The SMILES string of the molecule is COc1cnn(C(C)C)c1C1CCCCCC1=O. The van der Waals surface area contributed by atoms with Gasteiger partial charge in [-0.15, -0.1) is 0 Å². The zero-order valence-corrected chi connectivity index (χ0v) is 11.5. The van der Waals surface area contributed by atoms with E-state index in [0.717, 1.165) is 37.1 Å². The zero-order chi connectivity index (χ0) is 13.1. The lowest BCUT2D eigenvalue weighted by Gasteiger charge is -2.19. The van der Waals surface area contributed by atoms with Crippen molar-refractivity contribution in [2.45, 2.75) is 57.9 Å². The number of hydrogen-bond acceptors (Lipinski definition) is 3. The average molecular weight is 250 g/mol. The van der Waals surface area contributed by atoms with Gasteiger partial charge in [0.25, 0.3) is 0 Å². The maximum atomic E-state index is 12.3. The van der Waals surface area contributed by atoms with Gasteiger partial charge in [0.2, 0.25) is 0 Å². The molecule has 1 unspecified atom stereocenters. The molecule has 100 valence electrons. The second kappa shape index (κ2) is 5.55. The summed E-state index contributed by atoms with van der Waals surface area (Å²) in [6, 6.07) is 0.250. The third-order valence-electron chi connectivity index (χ3n) is 3.64. The van der Waals surface area contributed by atoms with Crippen molar-refractivity contribution < 1.29 is 9.53 Å². The highest BCUT2D eigenvalue weighted by Gasteiger charge is 2.29. The van der Waals surface area contributed by atoms with Crippen LogP contribution in [-0.2, 0) is 4.79 Å². The number of Topliss-reactive ketones (excluding diaryl/α,β-unsaturated/α-hetero) is 1. The van der Waals surface area contributed by atoms with Gasteiger partial charge in [-0.1, -0.05) is 12.8 Å². The molecule has 1 aliphatic rings. The van der Waals surface area contributed by atoms with E-state index in [9.17, 15) is 4.79 Å². The molecule has 0 radical (unpaired) electrons. The average Bonchev–Trinajstić information content (AvgIpc) is 2.66. The van der Waals surface area contributed by atoms with Crippen LogP contribution in [0.2, 0.25) is 0 Å². The molecular weight excluding hydrogens is 228 g/mol. The van der Waals surface area contributed by atoms with E-state index in [1.165, 1.54) is 0 Å². The monoisotopic (exact) mass is 250 g/mol. The number of ketones is 1. The molecule has 1 atom stereocenters. The summed E-state index contributed by atoms with van der Waals surface area (Å²) in [4.78, 5) is 12.3. The number of ether oxygens (including phenoxy) is 1. The molecule has 0 aromatic carbocycles. The lowest BCUT2D eigenvalue weighted by Crippen LogP contribution is -2.18. The summed E-state index contributed by atoms with van der Waals surface area (Å²) in [5, 5.41) is 4.37. The number of hydrogen-bond donors (Lipinski definition) is 0. The van der Waals surface area contributed by atoms with Crippen LogP contribution in [0.1, 0.15) is 63.6 Å². The summed E-state index contributed by atoms with van der Waals surface area (Å²) in [6.45, 7) is 4.16. The second-order valence-corrected chi connectivity index (χ2v) is 5.25. The predicted octanol–water partition coefficient (Wildman–Crippen LogP) is 3.09. The third kappa shape index (κ3) is 2.42. The van der Waals surface area contributed by atoms with Crippen molar-refractivity contribution in [1.82, 2.24) is 9.78 Å². The van der Waals surface area contributed by atoms with E-state index in [1.807, 2.05) is 4.68 Å². The molecule has 1 fully saturated rings. The molecular formula is C14H22N2O2. The van der Waals surface area contributed by atoms with Gasteiger partial charge >= 0.3 is 0 Å². The van der Waals surface area contributed by atoms with Crippen LogP contribution in [0.5, 0.6) is 5.75 Å². The van der Waals surface area contributed by atoms with Crippen LogP contribution in [0, 0.1) is 0 Å². The molecule has 1 saturated carbocycles. The molecule has 1 heterocycles. The highest BCUT2D eigenvalue weighted by molar-refractivity contribution is 5.86. The lowest BCUT2D eigenvalue weighted by molar-refractivity contribution is -0.120. The van der Waals surface area contributed by atoms with Gasteiger partial charge in [-0.3, -0.25) is 9.48 Å². The number of rotatable bonds is 3. The smallest absolute Gasteiger partial charge is 0.160 e. The van der Waals surface area contributed by atoms with Crippen molar-refractivity contribution in [3.05, 3.63) is 11.9 Å². The first-order valence-corrected chi connectivity index (χ1v) is 6.79. The molecule has 1 aliphatic carbocycles. The minimum Gasteiger partial charge on any atom is -0.493 e. The Hall–Kier alpha value is -1.32. The van der Waals surface area contributed by atoms with E-state index in [-0.39, 0.29) is 12.0 Å². The molecule has 0 saturated heterocycles. The van der Waals surface area contributed by atoms with Gasteiger partial charge in [0.1, 0.15) is 5.78 Å². The van der Waals surface area contributed by atoms with E-state index < -0.39 is 0 Å². The van der Waals surface area contributed by atoms with Crippen LogP contribution in [-0.4, -0.2) is 22.7 Å². The molecule has 4 nitrogen and oxygen atoms in total. The minimum absolute atomic E-state index is 0.0349. The number of carbonyl (C=O) groups excluding carboxylic acids is 1. The van der Waals surface area contributed by atoms with Gasteiger partial charge < -0.3 is 4.74 Å². The number of aromatic nitrogens is 2. The Morgan fingerprint density at radius 2 is 2.17 bits per heavy atom. The van der Waals surface area contributed by atoms with Crippen molar-refractivity contribution in [3.63, 3.8) is 0 Å². The number of methoxy groups -OCH3 is 1. The molecule has 0 spiro atoms. The van der Waals surface area contributed by atoms with Crippen LogP contribution < -0.4 is 4.74 Å². The Morgan fingerprint density at radius 3 is 2.83 bits per heavy atom. The summed E-state index contributed by atoms with van der Waals surface area (Å²) in [7, 11) is 1.65. The normalized spacial score (nSPS) is 21.1. The molecule has 0 N–H and O–H groups in total. The van der Waals surface area contributed by atoms with E-state index in [4.69, 9.17) is 4.74 Å². The minimum atomic E-state index is -0.0349. The van der Waals surface area contributed by atoms with Gasteiger partial charge in [0.05, 0.1) is 24.9 Å². The quantitative estimate of drug-likeness (QED) is 0.774. The van der Waals surface area contributed by atoms with Crippen LogP contribution >= 0.6 is 0 Å². The number of carbonyl (C=O) groups is 1. The number of nitrogens with zero attached hydrogens (tertiary/aromatic N) is 2. The molecule has 1 aromatic rings. The van der Waals surface area contributed by atoms with Gasteiger partial charge in [0, 0.05) is 12.5 Å². The predicted molar refractivity (Wildman–Crippen MR) is 70.0 cm³/mol. The topological polar surface area (TPSA) is 44.1 Å². The van der Waals surface area contributed by atoms with Crippen molar-refractivity contribution >= 4 is 5.78 Å². The largest absolute Gasteiger partial charge is 0.493 e. The van der Waals surface area contributed by atoms with E-state index in [2.05, 4.69) is 18.9 Å². The Balaban J connectivity index is 2.40. The fraction of sp³-hybridized carbons (Fsp3) is 0.714. The van der Waals surface area contributed by atoms with Crippen molar-refractivity contribution in [2.24, 2.45) is 0 Å². The second-order valence-electron chi connectivity index (χ2n) is 5.25. The molecule has 1 aromatic heterocycles. The molecule has 18 heavy (non-hydrogen) atoms. The maximum absolute atomic E-state index is 12.3.